The zero-order valence-corrected chi connectivity index (χ0v) is 21.1. The van der Waals surface area contributed by atoms with E-state index in [0.717, 1.165) is 16.7 Å². The van der Waals surface area contributed by atoms with Crippen LogP contribution in [0.1, 0.15) is 54.8 Å². The summed E-state index contributed by atoms with van der Waals surface area (Å²) < 4.78 is 14.3. The molecule has 0 spiro atoms. The molecule has 1 aromatic heterocycles. The molecule has 3 N–H and O–H groups in total. The van der Waals surface area contributed by atoms with Crippen LogP contribution in [0.25, 0.3) is 0 Å². The minimum atomic E-state index is -0.926. The predicted molar refractivity (Wildman–Crippen MR) is 135 cm³/mol. The van der Waals surface area contributed by atoms with Crippen LogP contribution in [0.4, 0.5) is 5.69 Å². The highest BCUT2D eigenvalue weighted by molar-refractivity contribution is 7.99. The molecule has 0 bridgehead atoms. The molecular formula is C25H29N5O6S. The molecule has 0 unspecified atom stereocenters. The normalized spacial score (nSPS) is 19.5. The van der Waals surface area contributed by atoms with Gasteiger partial charge in [-0.1, -0.05) is 48.2 Å². The molecule has 0 radical (unpaired) electrons. The number of anilines is 1. The quantitative estimate of drug-likeness (QED) is 0.317. The van der Waals surface area contributed by atoms with Crippen molar-refractivity contribution in [2.75, 3.05) is 11.1 Å². The van der Waals surface area contributed by atoms with E-state index in [9.17, 15) is 14.7 Å². The second kappa shape index (κ2) is 12.8. The highest BCUT2D eigenvalue weighted by Gasteiger charge is 2.32. The Labute approximate surface area is 218 Å². The van der Waals surface area contributed by atoms with Crippen molar-refractivity contribution < 1.29 is 29.3 Å². The summed E-state index contributed by atoms with van der Waals surface area (Å²) in [6.45, 7) is -0.0304. The molecule has 1 saturated heterocycles. The van der Waals surface area contributed by atoms with Crippen molar-refractivity contribution in [3.63, 3.8) is 0 Å². The zero-order valence-electron chi connectivity index (χ0n) is 20.3. The zero-order chi connectivity index (χ0) is 26.2. The van der Waals surface area contributed by atoms with E-state index in [1.54, 1.807) is 23.9 Å². The third kappa shape index (κ3) is 7.59. The Balaban J connectivity index is 1.48. The number of tetrazole rings is 1. The Kier molecular flexibility index (Phi) is 9.23. The number of thioether (sulfide) groups is 1. The number of nitrogens with zero attached hydrogens (tertiary/aromatic N) is 4. The first-order valence-corrected chi connectivity index (χ1v) is 12.9. The lowest BCUT2D eigenvalue weighted by Crippen LogP contribution is -2.31. The Bertz CT molecular complexity index is 1200. The van der Waals surface area contributed by atoms with Crippen LogP contribution < -0.4 is 5.32 Å². The van der Waals surface area contributed by atoms with Crippen LogP contribution in [-0.4, -0.2) is 54.2 Å². The molecule has 3 aromatic rings. The molecule has 4 rings (SSSR count). The van der Waals surface area contributed by atoms with Gasteiger partial charge in [-0.25, -0.2) is 4.68 Å². The fourth-order valence-electron chi connectivity index (χ4n) is 3.92. The smallest absolute Gasteiger partial charge is 0.303 e. The highest BCUT2D eigenvalue weighted by atomic mass is 32.2. The molecule has 1 amide bonds. The fourth-order valence-corrected chi connectivity index (χ4v) is 4.79. The van der Waals surface area contributed by atoms with Crippen molar-refractivity contribution in [2.24, 2.45) is 7.05 Å². The fraction of sp³-hybridized carbons (Fsp3) is 0.400. The van der Waals surface area contributed by atoms with Crippen LogP contribution in [-0.2, 0) is 32.7 Å². The third-order valence-electron chi connectivity index (χ3n) is 5.83. The largest absolute Gasteiger partial charge is 0.481 e. The van der Waals surface area contributed by atoms with Crippen LogP contribution >= 0.6 is 11.8 Å². The summed E-state index contributed by atoms with van der Waals surface area (Å²) >= 11 is 1.50. The van der Waals surface area contributed by atoms with Crippen LogP contribution in [0, 0.1) is 0 Å². The number of aliphatic carboxylic acids is 1. The third-order valence-corrected chi connectivity index (χ3v) is 6.97. The van der Waals surface area contributed by atoms with Crippen LogP contribution in [0.15, 0.2) is 53.7 Å². The molecule has 0 aliphatic carbocycles. The Morgan fingerprint density at radius 3 is 2.65 bits per heavy atom. The summed E-state index contributed by atoms with van der Waals surface area (Å²) in [4.78, 5) is 22.9. The molecule has 0 saturated carbocycles. The maximum atomic E-state index is 12.2. The summed E-state index contributed by atoms with van der Waals surface area (Å²) in [5.74, 6) is -0.568. The summed E-state index contributed by atoms with van der Waals surface area (Å²) in [7, 11) is 1.78. The molecule has 11 nitrogen and oxygen atoms in total. The van der Waals surface area contributed by atoms with Gasteiger partial charge in [-0.3, -0.25) is 9.59 Å². The van der Waals surface area contributed by atoms with Gasteiger partial charge in [0.25, 0.3) is 0 Å². The van der Waals surface area contributed by atoms with E-state index < -0.39 is 12.3 Å². The van der Waals surface area contributed by atoms with Gasteiger partial charge in [0.05, 0.1) is 18.8 Å². The average molecular weight is 528 g/mol. The van der Waals surface area contributed by atoms with Crippen LogP contribution in [0.5, 0.6) is 0 Å². The average Bonchev–Trinajstić information content (AvgIpc) is 3.31. The van der Waals surface area contributed by atoms with Gasteiger partial charge in [0.15, 0.2) is 6.29 Å². The number of carboxylic acids is 1. The number of rotatable bonds is 11. The van der Waals surface area contributed by atoms with E-state index in [1.807, 2.05) is 36.4 Å². The van der Waals surface area contributed by atoms with E-state index >= 15 is 0 Å². The number of nitrogens with one attached hydrogen (secondary N) is 1. The van der Waals surface area contributed by atoms with E-state index in [0.29, 0.717) is 23.0 Å². The molecule has 3 atom stereocenters. The number of benzene rings is 2. The van der Waals surface area contributed by atoms with Crippen molar-refractivity contribution >= 4 is 29.3 Å². The number of aliphatic hydroxyl groups is 1. The maximum absolute atomic E-state index is 12.2. The SMILES string of the molecule is Cn1nnnc1SC[C@@H]1C[C@H](c2ccc(CO)cc2)O[C@H](c2cccc(NC(=O)CCCC(=O)O)c2)O1. The molecule has 1 aliphatic heterocycles. The topological polar surface area (TPSA) is 149 Å². The first-order valence-electron chi connectivity index (χ1n) is 11.9. The Morgan fingerprint density at radius 1 is 1.14 bits per heavy atom. The van der Waals surface area contributed by atoms with Crippen molar-refractivity contribution in [1.29, 1.82) is 0 Å². The van der Waals surface area contributed by atoms with Crippen molar-refractivity contribution in [2.45, 2.75) is 55.9 Å². The van der Waals surface area contributed by atoms with Crippen LogP contribution in [0.2, 0.25) is 0 Å². The van der Waals surface area contributed by atoms with Gasteiger partial charge in [-0.05, 0) is 40.1 Å². The summed E-state index contributed by atoms with van der Waals surface area (Å²) in [5, 5.41) is 33.2. The van der Waals surface area contributed by atoms with E-state index in [2.05, 4.69) is 20.8 Å². The lowest BCUT2D eigenvalue weighted by Gasteiger charge is -2.36. The van der Waals surface area contributed by atoms with Gasteiger partial charge < -0.3 is 25.0 Å². The number of aryl methyl sites for hydroxylation is 1. The molecule has 1 aliphatic rings. The second-order valence-corrected chi connectivity index (χ2v) is 9.65. The van der Waals surface area contributed by atoms with Gasteiger partial charge in [0.1, 0.15) is 0 Å². The number of carbonyl (C=O) groups excluding carboxylic acids is 1. The minimum absolute atomic E-state index is 0.0304. The lowest BCUT2D eigenvalue weighted by atomic mass is 10.0. The first-order chi connectivity index (χ1) is 17.9. The van der Waals surface area contributed by atoms with Gasteiger partial charge in [-0.2, -0.15) is 0 Å². The molecule has 37 heavy (non-hydrogen) atoms. The molecular weight excluding hydrogens is 498 g/mol. The van der Waals surface area contributed by atoms with E-state index in [4.69, 9.17) is 14.6 Å². The Morgan fingerprint density at radius 2 is 1.95 bits per heavy atom. The van der Waals surface area contributed by atoms with Crippen molar-refractivity contribution in [1.82, 2.24) is 20.2 Å². The predicted octanol–water partition coefficient (Wildman–Crippen LogP) is 3.23. The molecule has 2 aromatic carbocycles. The number of ether oxygens (including phenoxy) is 2. The van der Waals surface area contributed by atoms with Gasteiger partial charge in [-0.15, -0.1) is 5.10 Å². The number of aromatic nitrogens is 4. The van der Waals surface area contributed by atoms with Crippen LogP contribution in [0.3, 0.4) is 0 Å². The van der Waals surface area contributed by atoms with Crippen molar-refractivity contribution in [3.05, 3.63) is 65.2 Å². The van der Waals surface area contributed by atoms with Crippen molar-refractivity contribution in [3.8, 4) is 0 Å². The second-order valence-electron chi connectivity index (χ2n) is 8.67. The van der Waals surface area contributed by atoms with Gasteiger partial charge >= 0.3 is 5.97 Å². The van der Waals surface area contributed by atoms with E-state index in [1.165, 1.54) is 11.8 Å². The minimum Gasteiger partial charge on any atom is -0.481 e. The highest BCUT2D eigenvalue weighted by Crippen LogP contribution is 2.39. The number of carbonyl (C=O) groups is 2. The standard InChI is InChI=1S/C25H29N5O6S/c1-30-25(27-28-29-30)37-15-20-13-21(17-10-8-16(14-31)9-11-17)36-24(35-20)18-4-2-5-19(12-18)26-22(32)6-3-7-23(33)34/h2,4-5,8-12,20-21,24,31H,3,6-7,13-15H2,1H3,(H,26,32)(H,33,34)/t20-,21+,24+/m0/s1. The summed E-state index contributed by atoms with van der Waals surface area (Å²) in [6.07, 6.45) is -0.138. The molecule has 196 valence electrons. The first kappa shape index (κ1) is 26.7. The number of amides is 1. The molecule has 12 heteroatoms. The molecule has 2 heterocycles. The summed E-state index contributed by atoms with van der Waals surface area (Å²) in [6, 6.07) is 14.9. The number of aliphatic hydroxyl groups excluding tert-OH is 1. The van der Waals surface area contributed by atoms with Gasteiger partial charge in [0, 0.05) is 43.3 Å². The van der Waals surface area contributed by atoms with Gasteiger partial charge in [0.2, 0.25) is 11.1 Å². The monoisotopic (exact) mass is 527 g/mol. The maximum Gasteiger partial charge on any atom is 0.303 e. The number of hydrogen-bond donors (Lipinski definition) is 3. The summed E-state index contributed by atoms with van der Waals surface area (Å²) in [5.41, 5.74) is 3.12. The Hall–Kier alpha value is -3.32. The molecule has 1 fully saturated rings. The lowest BCUT2D eigenvalue weighted by molar-refractivity contribution is -0.245. The number of hydrogen-bond acceptors (Lipinski definition) is 9. The number of carboxylic acid groups (broad SMARTS) is 1. The van der Waals surface area contributed by atoms with E-state index in [-0.39, 0.29) is 44.0 Å².